The molecule has 0 aliphatic heterocycles. The summed E-state index contributed by atoms with van der Waals surface area (Å²) in [5.74, 6) is 0.299. The zero-order chi connectivity index (χ0) is 13.6. The molecular weight excluding hydrogens is 338 g/mol. The van der Waals surface area contributed by atoms with E-state index in [1.54, 1.807) is 24.3 Å². The lowest BCUT2D eigenvalue weighted by Gasteiger charge is -2.21. The van der Waals surface area contributed by atoms with E-state index in [-0.39, 0.29) is 0 Å². The van der Waals surface area contributed by atoms with Gasteiger partial charge in [0.25, 0.3) is 0 Å². The lowest BCUT2D eigenvalue weighted by molar-refractivity contribution is 0.420. The Morgan fingerprint density at radius 1 is 1.28 bits per heavy atom. The molecule has 0 atom stereocenters. The van der Waals surface area contributed by atoms with Crippen molar-refractivity contribution in [3.63, 3.8) is 0 Å². The van der Waals surface area contributed by atoms with Crippen LogP contribution in [-0.2, 0) is 10.0 Å². The fourth-order valence-corrected chi connectivity index (χ4v) is 4.32. The summed E-state index contributed by atoms with van der Waals surface area (Å²) in [5, 5.41) is 0. The first kappa shape index (κ1) is 16.0. The number of halogens is 2. The summed E-state index contributed by atoms with van der Waals surface area (Å²) < 4.78 is 27.0. The Hall–Kier alpha value is -0.100. The van der Waals surface area contributed by atoms with Crippen molar-refractivity contribution < 1.29 is 8.42 Å². The molecule has 0 aliphatic rings. The van der Waals surface area contributed by atoms with Crippen LogP contribution in [-0.4, -0.2) is 31.7 Å². The lowest BCUT2D eigenvalue weighted by atomic mass is 10.3. The molecule has 0 saturated carbocycles. The van der Waals surface area contributed by atoms with Crippen LogP contribution in [0.25, 0.3) is 0 Å². The number of alkyl halides is 1. The second-order valence-electron chi connectivity index (χ2n) is 3.88. The third-order valence-electron chi connectivity index (χ3n) is 2.55. The number of unbranched alkanes of at least 4 members (excludes halogenated alkanes) is 1. The minimum Gasteiger partial charge on any atom is -0.207 e. The van der Waals surface area contributed by atoms with Gasteiger partial charge in [0.15, 0.2) is 0 Å². The Morgan fingerprint density at radius 3 is 2.50 bits per heavy atom. The smallest absolute Gasteiger partial charge is 0.207 e. The monoisotopic (exact) mass is 353 g/mol. The Labute approximate surface area is 122 Å². The molecule has 0 saturated heterocycles. The highest BCUT2D eigenvalue weighted by Gasteiger charge is 2.25. The minimum absolute atomic E-state index is 0.297. The van der Waals surface area contributed by atoms with Gasteiger partial charge in [-0.05, 0) is 34.5 Å². The highest BCUT2D eigenvalue weighted by molar-refractivity contribution is 9.10. The van der Waals surface area contributed by atoms with Gasteiger partial charge in [-0.1, -0.05) is 25.5 Å². The minimum atomic E-state index is -3.46. The van der Waals surface area contributed by atoms with Gasteiger partial charge in [-0.3, -0.25) is 0 Å². The van der Waals surface area contributed by atoms with E-state index in [1.165, 1.54) is 4.31 Å². The summed E-state index contributed by atoms with van der Waals surface area (Å²) in [6.07, 6.45) is 1.78. The molecule has 1 aromatic carbocycles. The van der Waals surface area contributed by atoms with E-state index >= 15 is 0 Å². The molecular formula is C12H17BrClNO2S. The van der Waals surface area contributed by atoms with Crippen molar-refractivity contribution in [1.29, 1.82) is 0 Å². The van der Waals surface area contributed by atoms with E-state index in [0.717, 1.165) is 12.8 Å². The van der Waals surface area contributed by atoms with Gasteiger partial charge in [0, 0.05) is 23.4 Å². The first-order chi connectivity index (χ1) is 8.54. The third-order valence-corrected chi connectivity index (χ3v) is 5.63. The molecule has 0 heterocycles. The molecule has 102 valence electrons. The fraction of sp³-hybridized carbons (Fsp3) is 0.500. The van der Waals surface area contributed by atoms with Gasteiger partial charge in [-0.25, -0.2) is 8.42 Å². The first-order valence-corrected chi connectivity index (χ1v) is 8.61. The summed E-state index contributed by atoms with van der Waals surface area (Å²) in [6.45, 7) is 2.88. The number of rotatable bonds is 7. The predicted octanol–water partition coefficient (Wildman–Crippen LogP) is 3.48. The number of sulfonamides is 1. The van der Waals surface area contributed by atoms with Gasteiger partial charge in [0.1, 0.15) is 0 Å². The highest BCUT2D eigenvalue weighted by atomic mass is 79.9. The molecule has 0 radical (unpaired) electrons. The molecule has 1 rings (SSSR count). The predicted molar refractivity (Wildman–Crippen MR) is 78.5 cm³/mol. The van der Waals surface area contributed by atoms with Gasteiger partial charge < -0.3 is 0 Å². The van der Waals surface area contributed by atoms with Crippen LogP contribution in [0.3, 0.4) is 0 Å². The number of benzene rings is 1. The Bertz CT molecular complexity index is 479. The van der Waals surface area contributed by atoms with Gasteiger partial charge in [0.05, 0.1) is 4.90 Å². The molecule has 0 aliphatic carbocycles. The van der Waals surface area contributed by atoms with E-state index in [4.69, 9.17) is 11.6 Å². The molecule has 0 amide bonds. The molecule has 18 heavy (non-hydrogen) atoms. The van der Waals surface area contributed by atoms with Crippen molar-refractivity contribution in [2.75, 3.05) is 19.0 Å². The summed E-state index contributed by atoms with van der Waals surface area (Å²) in [5.41, 5.74) is 0. The van der Waals surface area contributed by atoms with E-state index in [1.807, 2.05) is 6.92 Å². The maximum absolute atomic E-state index is 12.5. The van der Waals surface area contributed by atoms with Crippen LogP contribution in [0.4, 0.5) is 0 Å². The number of hydrogen-bond acceptors (Lipinski definition) is 2. The van der Waals surface area contributed by atoms with Crippen LogP contribution in [0.1, 0.15) is 19.8 Å². The molecule has 0 spiro atoms. The van der Waals surface area contributed by atoms with Crippen LogP contribution < -0.4 is 0 Å². The summed E-state index contributed by atoms with van der Waals surface area (Å²) in [7, 11) is -3.46. The Balaban J connectivity index is 3.05. The van der Waals surface area contributed by atoms with Crippen LogP contribution in [0.2, 0.25) is 0 Å². The van der Waals surface area contributed by atoms with Crippen molar-refractivity contribution in [3.8, 4) is 0 Å². The van der Waals surface area contributed by atoms with Crippen LogP contribution >= 0.6 is 27.5 Å². The quantitative estimate of drug-likeness (QED) is 0.703. The average Bonchev–Trinajstić information content (AvgIpc) is 2.34. The zero-order valence-electron chi connectivity index (χ0n) is 10.3. The highest BCUT2D eigenvalue weighted by Crippen LogP contribution is 2.24. The fourth-order valence-electron chi connectivity index (χ4n) is 1.57. The lowest BCUT2D eigenvalue weighted by Crippen LogP contribution is -2.33. The Morgan fingerprint density at radius 2 is 1.94 bits per heavy atom. The van der Waals surface area contributed by atoms with Gasteiger partial charge in [0.2, 0.25) is 10.0 Å². The maximum atomic E-state index is 12.5. The Kier molecular flexibility index (Phi) is 6.63. The normalized spacial score (nSPS) is 12.0. The van der Waals surface area contributed by atoms with E-state index in [9.17, 15) is 8.42 Å². The van der Waals surface area contributed by atoms with Gasteiger partial charge in [-0.2, -0.15) is 4.31 Å². The molecule has 0 bridgehead atoms. The molecule has 0 fully saturated rings. The van der Waals surface area contributed by atoms with Gasteiger partial charge in [-0.15, -0.1) is 11.6 Å². The van der Waals surface area contributed by atoms with E-state index < -0.39 is 10.0 Å². The van der Waals surface area contributed by atoms with Crippen LogP contribution in [0.15, 0.2) is 33.6 Å². The standard InChI is InChI=1S/C12H17BrClNO2S/c1-2-3-9-15(10-8-14)18(16,17)12-7-5-4-6-11(12)13/h4-7H,2-3,8-10H2,1H3. The third kappa shape index (κ3) is 3.95. The molecule has 6 heteroatoms. The van der Waals surface area contributed by atoms with Crippen LogP contribution in [0, 0.1) is 0 Å². The van der Waals surface area contributed by atoms with Crippen LogP contribution in [0.5, 0.6) is 0 Å². The maximum Gasteiger partial charge on any atom is 0.244 e. The zero-order valence-corrected chi connectivity index (χ0v) is 13.4. The van der Waals surface area contributed by atoms with Crippen molar-refractivity contribution >= 4 is 37.6 Å². The topological polar surface area (TPSA) is 37.4 Å². The number of hydrogen-bond donors (Lipinski definition) is 0. The van der Waals surface area contributed by atoms with E-state index in [0.29, 0.717) is 28.3 Å². The second kappa shape index (κ2) is 7.48. The summed E-state index contributed by atoms with van der Waals surface area (Å²) in [6, 6.07) is 6.84. The van der Waals surface area contributed by atoms with Crippen molar-refractivity contribution in [2.24, 2.45) is 0 Å². The van der Waals surface area contributed by atoms with Crippen molar-refractivity contribution in [2.45, 2.75) is 24.7 Å². The summed E-state index contributed by atoms with van der Waals surface area (Å²) in [4.78, 5) is 0.297. The molecule has 1 aromatic rings. The largest absolute Gasteiger partial charge is 0.244 e. The average molecular weight is 355 g/mol. The SMILES string of the molecule is CCCCN(CCCl)S(=O)(=O)c1ccccc1Br. The molecule has 3 nitrogen and oxygen atoms in total. The molecule has 0 N–H and O–H groups in total. The summed E-state index contributed by atoms with van der Waals surface area (Å²) >= 11 is 8.97. The van der Waals surface area contributed by atoms with E-state index in [2.05, 4.69) is 15.9 Å². The molecule has 0 aromatic heterocycles. The van der Waals surface area contributed by atoms with Crippen molar-refractivity contribution in [3.05, 3.63) is 28.7 Å². The van der Waals surface area contributed by atoms with Gasteiger partial charge >= 0.3 is 0 Å². The number of nitrogens with zero attached hydrogens (tertiary/aromatic N) is 1. The molecule has 0 unspecified atom stereocenters. The second-order valence-corrected chi connectivity index (χ2v) is 7.02. The van der Waals surface area contributed by atoms with Crippen molar-refractivity contribution in [1.82, 2.24) is 4.31 Å². The first-order valence-electron chi connectivity index (χ1n) is 5.84.